The fourth-order valence-electron chi connectivity index (χ4n) is 2.98. The summed E-state index contributed by atoms with van der Waals surface area (Å²) in [5.41, 5.74) is 0.345. The Hall–Kier alpha value is -2.96. The molecule has 0 unspecified atom stereocenters. The van der Waals surface area contributed by atoms with Gasteiger partial charge in [0.25, 0.3) is 0 Å². The van der Waals surface area contributed by atoms with E-state index in [0.717, 1.165) is 6.07 Å². The van der Waals surface area contributed by atoms with Crippen LogP contribution in [0.5, 0.6) is 5.75 Å². The number of carbonyl (C=O) groups is 1. The lowest BCUT2D eigenvalue weighted by molar-refractivity contribution is -0.137. The first-order valence-electron chi connectivity index (χ1n) is 7.97. The van der Waals surface area contributed by atoms with Crippen LogP contribution in [0.2, 0.25) is 0 Å². The molecule has 0 saturated carbocycles. The number of aromatic amines is 1. The molecular formula is C19H16F3NO3. The highest BCUT2D eigenvalue weighted by molar-refractivity contribution is 5.95. The van der Waals surface area contributed by atoms with Gasteiger partial charge in [0.2, 0.25) is 0 Å². The zero-order chi connectivity index (χ0) is 18.9. The molecule has 4 nitrogen and oxygen atoms in total. The van der Waals surface area contributed by atoms with E-state index in [2.05, 4.69) is 4.98 Å². The molecule has 7 heteroatoms. The summed E-state index contributed by atoms with van der Waals surface area (Å²) in [6.07, 6.45) is -4.93. The van der Waals surface area contributed by atoms with Crippen molar-refractivity contribution in [2.75, 3.05) is 6.61 Å². The van der Waals surface area contributed by atoms with Crippen molar-refractivity contribution in [2.24, 2.45) is 0 Å². The molecule has 136 valence electrons. The highest BCUT2D eigenvalue weighted by Gasteiger charge is 2.34. The van der Waals surface area contributed by atoms with Crippen LogP contribution in [-0.2, 0) is 17.4 Å². The Bertz CT molecular complexity index is 943. The number of aliphatic carboxylic acids is 1. The van der Waals surface area contributed by atoms with E-state index in [1.54, 1.807) is 24.3 Å². The predicted molar refractivity (Wildman–Crippen MR) is 91.2 cm³/mol. The van der Waals surface area contributed by atoms with Crippen molar-refractivity contribution in [3.63, 3.8) is 0 Å². The van der Waals surface area contributed by atoms with Crippen molar-refractivity contribution in [3.8, 4) is 17.0 Å². The van der Waals surface area contributed by atoms with Crippen molar-refractivity contribution in [3.05, 3.63) is 53.6 Å². The van der Waals surface area contributed by atoms with Crippen molar-refractivity contribution >= 4 is 16.9 Å². The number of benzene rings is 2. The zero-order valence-electron chi connectivity index (χ0n) is 13.9. The highest BCUT2D eigenvalue weighted by atomic mass is 19.4. The minimum absolute atomic E-state index is 0.111. The van der Waals surface area contributed by atoms with E-state index in [-0.39, 0.29) is 17.3 Å². The van der Waals surface area contributed by atoms with Crippen molar-refractivity contribution in [1.82, 2.24) is 4.98 Å². The largest absolute Gasteiger partial charge is 0.494 e. The normalized spacial score (nSPS) is 11.7. The van der Waals surface area contributed by atoms with E-state index in [1.807, 2.05) is 6.92 Å². The van der Waals surface area contributed by atoms with E-state index in [9.17, 15) is 23.1 Å². The predicted octanol–water partition coefficient (Wildman–Crippen LogP) is 4.88. The summed E-state index contributed by atoms with van der Waals surface area (Å²) in [4.78, 5) is 14.0. The lowest BCUT2D eigenvalue weighted by Crippen LogP contribution is -2.05. The fraction of sp³-hybridized carbons (Fsp3) is 0.211. The first kappa shape index (κ1) is 17.8. The van der Waals surface area contributed by atoms with Crippen LogP contribution >= 0.6 is 0 Å². The molecule has 26 heavy (non-hydrogen) atoms. The topological polar surface area (TPSA) is 62.3 Å². The third-order valence-corrected chi connectivity index (χ3v) is 4.03. The molecule has 0 spiro atoms. The summed E-state index contributed by atoms with van der Waals surface area (Å²) in [5, 5.41) is 9.46. The molecule has 0 saturated heterocycles. The number of rotatable bonds is 5. The molecule has 3 aromatic rings. The third-order valence-electron chi connectivity index (χ3n) is 4.03. The maximum absolute atomic E-state index is 13.3. The van der Waals surface area contributed by atoms with Crippen LogP contribution < -0.4 is 4.74 Å². The Morgan fingerprint density at radius 3 is 2.42 bits per heavy atom. The zero-order valence-corrected chi connectivity index (χ0v) is 13.9. The summed E-state index contributed by atoms with van der Waals surface area (Å²) in [6, 6.07) is 10.5. The second-order valence-corrected chi connectivity index (χ2v) is 5.73. The van der Waals surface area contributed by atoms with Crippen LogP contribution in [0.4, 0.5) is 13.2 Å². The number of alkyl halides is 3. The smallest absolute Gasteiger partial charge is 0.418 e. The number of H-pyrrole nitrogens is 1. The van der Waals surface area contributed by atoms with Crippen LogP contribution in [0.15, 0.2) is 42.5 Å². The summed E-state index contributed by atoms with van der Waals surface area (Å²) < 4.78 is 45.3. The fourth-order valence-corrected chi connectivity index (χ4v) is 2.98. The van der Waals surface area contributed by atoms with Crippen molar-refractivity contribution in [1.29, 1.82) is 0 Å². The Labute approximate surface area is 147 Å². The highest BCUT2D eigenvalue weighted by Crippen LogP contribution is 2.39. The number of halogens is 3. The molecule has 2 aromatic carbocycles. The van der Waals surface area contributed by atoms with Gasteiger partial charge in [0.1, 0.15) is 5.75 Å². The van der Waals surface area contributed by atoms with E-state index < -0.39 is 17.7 Å². The van der Waals surface area contributed by atoms with Crippen LogP contribution in [0.25, 0.3) is 22.2 Å². The molecule has 0 aliphatic carbocycles. The van der Waals surface area contributed by atoms with Crippen molar-refractivity contribution < 1.29 is 27.8 Å². The number of hydrogen-bond acceptors (Lipinski definition) is 2. The minimum Gasteiger partial charge on any atom is -0.494 e. The molecule has 1 aromatic heterocycles. The number of para-hydroxylation sites is 1. The lowest BCUT2D eigenvalue weighted by atomic mass is 10.0. The van der Waals surface area contributed by atoms with Gasteiger partial charge in [-0.25, -0.2) is 0 Å². The molecule has 2 N–H and O–H groups in total. The second kappa shape index (κ2) is 6.74. The molecule has 0 atom stereocenters. The van der Waals surface area contributed by atoms with Gasteiger partial charge in [0.05, 0.1) is 29.8 Å². The summed E-state index contributed by atoms with van der Waals surface area (Å²) in [5.74, 6) is -0.487. The summed E-state index contributed by atoms with van der Waals surface area (Å²) in [6.45, 7) is 2.33. The van der Waals surface area contributed by atoms with Gasteiger partial charge in [-0.1, -0.05) is 12.1 Å². The van der Waals surface area contributed by atoms with Crippen LogP contribution in [0, 0.1) is 0 Å². The molecule has 1 heterocycles. The summed E-state index contributed by atoms with van der Waals surface area (Å²) >= 11 is 0. The Morgan fingerprint density at radius 2 is 1.85 bits per heavy atom. The van der Waals surface area contributed by atoms with Crippen LogP contribution in [-0.4, -0.2) is 22.7 Å². The molecule has 0 aliphatic heterocycles. The third kappa shape index (κ3) is 3.37. The Morgan fingerprint density at radius 1 is 1.15 bits per heavy atom. The van der Waals surface area contributed by atoms with Gasteiger partial charge in [-0.2, -0.15) is 13.2 Å². The maximum Gasteiger partial charge on any atom is 0.418 e. The second-order valence-electron chi connectivity index (χ2n) is 5.73. The van der Waals surface area contributed by atoms with Gasteiger partial charge in [-0.3, -0.25) is 4.79 Å². The average molecular weight is 363 g/mol. The molecule has 0 amide bonds. The van der Waals surface area contributed by atoms with Gasteiger partial charge in [0, 0.05) is 5.39 Å². The monoisotopic (exact) mass is 363 g/mol. The maximum atomic E-state index is 13.3. The van der Waals surface area contributed by atoms with E-state index in [4.69, 9.17) is 4.74 Å². The number of aromatic nitrogens is 1. The molecule has 0 fully saturated rings. The number of ether oxygens (including phenoxy) is 1. The standard InChI is InChI=1S/C19H16F3NO3/c1-2-26-12-8-6-11(7-9-12)17-14(10-16(24)25)13-4-3-5-15(18(13)23-17)19(20,21)22/h3-9,23H,2,10H2,1H3,(H,24,25). The van der Waals surface area contributed by atoms with Gasteiger partial charge < -0.3 is 14.8 Å². The molecule has 0 aliphatic rings. The van der Waals surface area contributed by atoms with Gasteiger partial charge in [0.15, 0.2) is 0 Å². The SMILES string of the molecule is CCOc1ccc(-c2[nH]c3c(C(F)(F)F)cccc3c2CC(=O)O)cc1. The van der Waals surface area contributed by atoms with E-state index in [0.29, 0.717) is 29.2 Å². The molecule has 3 rings (SSSR count). The molecule has 0 bridgehead atoms. The number of carboxylic acid groups (broad SMARTS) is 1. The van der Waals surface area contributed by atoms with Crippen LogP contribution in [0.1, 0.15) is 18.1 Å². The van der Waals surface area contributed by atoms with Gasteiger partial charge >= 0.3 is 12.1 Å². The molecule has 0 radical (unpaired) electrons. The van der Waals surface area contributed by atoms with Gasteiger partial charge in [-0.05, 0) is 48.4 Å². The lowest BCUT2D eigenvalue weighted by Gasteiger charge is -2.07. The number of carboxylic acids is 1. The number of hydrogen-bond donors (Lipinski definition) is 2. The Balaban J connectivity index is 2.21. The average Bonchev–Trinajstić information content (AvgIpc) is 2.93. The first-order chi connectivity index (χ1) is 12.3. The van der Waals surface area contributed by atoms with Gasteiger partial charge in [-0.15, -0.1) is 0 Å². The van der Waals surface area contributed by atoms with E-state index >= 15 is 0 Å². The Kier molecular flexibility index (Phi) is 4.63. The minimum atomic E-state index is -4.54. The van der Waals surface area contributed by atoms with E-state index in [1.165, 1.54) is 12.1 Å². The number of fused-ring (bicyclic) bond motifs is 1. The molecular weight excluding hydrogens is 347 g/mol. The number of nitrogens with one attached hydrogen (secondary N) is 1. The van der Waals surface area contributed by atoms with Crippen molar-refractivity contribution in [2.45, 2.75) is 19.5 Å². The first-order valence-corrected chi connectivity index (χ1v) is 7.97. The quantitative estimate of drug-likeness (QED) is 0.679. The summed E-state index contributed by atoms with van der Waals surface area (Å²) in [7, 11) is 0. The van der Waals surface area contributed by atoms with Crippen LogP contribution in [0.3, 0.4) is 0 Å².